The first-order chi connectivity index (χ1) is 8.06. The minimum absolute atomic E-state index is 0.0502. The van der Waals surface area contributed by atoms with Gasteiger partial charge in [-0.05, 0) is 49.0 Å². The molecule has 0 heterocycles. The lowest BCUT2D eigenvalue weighted by Crippen LogP contribution is -2.23. The van der Waals surface area contributed by atoms with E-state index >= 15 is 0 Å². The van der Waals surface area contributed by atoms with E-state index in [2.05, 4.69) is 6.58 Å². The van der Waals surface area contributed by atoms with Crippen LogP contribution in [0, 0.1) is 35.5 Å². The van der Waals surface area contributed by atoms with Gasteiger partial charge in [0.15, 0.2) is 5.78 Å². The molecule has 92 valence electrons. The van der Waals surface area contributed by atoms with Crippen LogP contribution >= 0.6 is 0 Å². The molecule has 3 aliphatic rings. The molecule has 0 amide bonds. The van der Waals surface area contributed by atoms with Gasteiger partial charge in [0.25, 0.3) is 0 Å². The summed E-state index contributed by atoms with van der Waals surface area (Å²) < 4.78 is 4.86. The maximum atomic E-state index is 12.0. The van der Waals surface area contributed by atoms with Crippen LogP contribution in [0.15, 0.2) is 12.2 Å². The van der Waals surface area contributed by atoms with Gasteiger partial charge in [-0.3, -0.25) is 9.59 Å². The largest absolute Gasteiger partial charge is 0.469 e. The number of carbonyl (C=O) groups is 2. The Bertz CT molecular complexity index is 412. The summed E-state index contributed by atoms with van der Waals surface area (Å²) in [5, 5.41) is 0. The van der Waals surface area contributed by atoms with Crippen LogP contribution in [0.4, 0.5) is 0 Å². The topological polar surface area (TPSA) is 43.4 Å². The van der Waals surface area contributed by atoms with Gasteiger partial charge in [-0.25, -0.2) is 0 Å². The van der Waals surface area contributed by atoms with Crippen molar-refractivity contribution >= 4 is 11.8 Å². The van der Waals surface area contributed by atoms with E-state index in [0.717, 1.165) is 12.8 Å². The van der Waals surface area contributed by atoms with Crippen molar-refractivity contribution in [3.63, 3.8) is 0 Å². The first kappa shape index (κ1) is 11.0. The molecule has 3 rings (SSSR count). The van der Waals surface area contributed by atoms with E-state index in [1.807, 2.05) is 0 Å². The number of Topliss-reactive ketones (excluding diaryl/α,β-unsaturated/α-hetero) is 1. The van der Waals surface area contributed by atoms with Crippen LogP contribution in [0.25, 0.3) is 0 Å². The van der Waals surface area contributed by atoms with E-state index in [1.165, 1.54) is 7.11 Å². The molecular weight excluding hydrogens is 216 g/mol. The SMILES string of the molecule is C=C(C)C(=O)[C@H]1C2C3CC(C(=O)OC)C(C3)C21. The van der Waals surface area contributed by atoms with Crippen molar-refractivity contribution in [1.82, 2.24) is 0 Å². The molecule has 0 radical (unpaired) electrons. The van der Waals surface area contributed by atoms with Crippen molar-refractivity contribution in [2.24, 2.45) is 35.5 Å². The summed E-state index contributed by atoms with van der Waals surface area (Å²) in [6.07, 6.45) is 2.05. The number of carbonyl (C=O) groups excluding carboxylic acids is 2. The van der Waals surface area contributed by atoms with Gasteiger partial charge in [-0.15, -0.1) is 0 Å². The average Bonchev–Trinajstić information content (AvgIpc) is 2.77. The monoisotopic (exact) mass is 234 g/mol. The van der Waals surface area contributed by atoms with Gasteiger partial charge < -0.3 is 4.74 Å². The van der Waals surface area contributed by atoms with E-state index in [4.69, 9.17) is 4.74 Å². The molecular formula is C14H18O3. The van der Waals surface area contributed by atoms with E-state index in [-0.39, 0.29) is 23.6 Å². The fourth-order valence-electron chi connectivity index (χ4n) is 4.43. The zero-order chi connectivity index (χ0) is 12.3. The van der Waals surface area contributed by atoms with Gasteiger partial charge in [-0.2, -0.15) is 0 Å². The molecule has 2 bridgehead atoms. The van der Waals surface area contributed by atoms with Gasteiger partial charge in [0.1, 0.15) is 0 Å². The molecule has 3 nitrogen and oxygen atoms in total. The molecule has 0 saturated heterocycles. The molecule has 5 unspecified atom stereocenters. The van der Waals surface area contributed by atoms with Crippen LogP contribution in [0.1, 0.15) is 19.8 Å². The Balaban J connectivity index is 1.76. The Morgan fingerprint density at radius 3 is 2.53 bits per heavy atom. The highest BCUT2D eigenvalue weighted by atomic mass is 16.5. The first-order valence-corrected chi connectivity index (χ1v) is 6.33. The fraction of sp³-hybridized carbons (Fsp3) is 0.714. The third kappa shape index (κ3) is 1.34. The zero-order valence-electron chi connectivity index (χ0n) is 10.3. The minimum atomic E-state index is -0.0793. The second-order valence-corrected chi connectivity index (χ2v) is 5.85. The number of methoxy groups -OCH3 is 1. The Kier molecular flexibility index (Phi) is 2.22. The van der Waals surface area contributed by atoms with Gasteiger partial charge >= 0.3 is 5.97 Å². The van der Waals surface area contributed by atoms with Gasteiger partial charge in [0, 0.05) is 5.92 Å². The molecule has 6 atom stereocenters. The normalized spacial score (nSPS) is 45.3. The summed E-state index contributed by atoms with van der Waals surface area (Å²) in [5.41, 5.74) is 0.665. The number of allylic oxidation sites excluding steroid dienone is 1. The number of ketones is 1. The summed E-state index contributed by atoms with van der Waals surface area (Å²) in [6, 6.07) is 0. The molecule has 0 aliphatic heterocycles. The van der Waals surface area contributed by atoms with Gasteiger partial charge in [0.05, 0.1) is 13.0 Å². The van der Waals surface area contributed by atoms with Crippen LogP contribution in [-0.4, -0.2) is 18.9 Å². The number of esters is 1. The predicted molar refractivity (Wildman–Crippen MR) is 62.0 cm³/mol. The van der Waals surface area contributed by atoms with Crippen molar-refractivity contribution in [1.29, 1.82) is 0 Å². The number of ether oxygens (including phenoxy) is 1. The molecule has 0 spiro atoms. The summed E-state index contributed by atoms with van der Waals surface area (Å²) in [6.45, 7) is 5.53. The highest BCUT2D eigenvalue weighted by molar-refractivity contribution is 5.98. The molecule has 3 heteroatoms. The molecule has 0 N–H and O–H groups in total. The van der Waals surface area contributed by atoms with Crippen molar-refractivity contribution in [3.05, 3.63) is 12.2 Å². The maximum absolute atomic E-state index is 12.0. The van der Waals surface area contributed by atoms with Gasteiger partial charge in [-0.1, -0.05) is 6.58 Å². The second kappa shape index (κ2) is 3.44. The van der Waals surface area contributed by atoms with Gasteiger partial charge in [0.2, 0.25) is 0 Å². The molecule has 3 fully saturated rings. The highest BCUT2D eigenvalue weighted by Crippen LogP contribution is 2.71. The molecule has 17 heavy (non-hydrogen) atoms. The molecule has 0 aromatic rings. The van der Waals surface area contributed by atoms with Crippen molar-refractivity contribution in [3.8, 4) is 0 Å². The van der Waals surface area contributed by atoms with Crippen LogP contribution in [0.5, 0.6) is 0 Å². The molecule has 0 aromatic heterocycles. The Morgan fingerprint density at radius 2 is 1.94 bits per heavy atom. The van der Waals surface area contributed by atoms with E-state index < -0.39 is 0 Å². The number of fused-ring (bicyclic) bond motifs is 5. The molecule has 3 aliphatic carbocycles. The van der Waals surface area contributed by atoms with Crippen LogP contribution in [0.2, 0.25) is 0 Å². The third-order valence-corrected chi connectivity index (χ3v) is 5.05. The Hall–Kier alpha value is -1.12. The zero-order valence-corrected chi connectivity index (χ0v) is 10.3. The highest BCUT2D eigenvalue weighted by Gasteiger charge is 2.70. The average molecular weight is 234 g/mol. The first-order valence-electron chi connectivity index (χ1n) is 6.33. The smallest absolute Gasteiger partial charge is 0.308 e. The third-order valence-electron chi connectivity index (χ3n) is 5.05. The number of rotatable bonds is 3. The van der Waals surface area contributed by atoms with E-state index in [1.54, 1.807) is 6.92 Å². The maximum Gasteiger partial charge on any atom is 0.308 e. The summed E-state index contributed by atoms with van der Waals surface area (Å²) >= 11 is 0. The Labute approximate surface area is 101 Å². The number of hydrogen-bond acceptors (Lipinski definition) is 3. The minimum Gasteiger partial charge on any atom is -0.469 e. The van der Waals surface area contributed by atoms with E-state index in [0.29, 0.717) is 29.2 Å². The van der Waals surface area contributed by atoms with E-state index in [9.17, 15) is 9.59 Å². The summed E-state index contributed by atoms with van der Waals surface area (Å²) in [7, 11) is 1.45. The molecule has 0 aromatic carbocycles. The molecule has 3 saturated carbocycles. The fourth-order valence-corrected chi connectivity index (χ4v) is 4.43. The summed E-state index contributed by atoms with van der Waals surface area (Å²) in [5.74, 6) is 2.32. The lowest BCUT2D eigenvalue weighted by atomic mass is 9.88. The van der Waals surface area contributed by atoms with Crippen molar-refractivity contribution in [2.45, 2.75) is 19.8 Å². The van der Waals surface area contributed by atoms with Crippen molar-refractivity contribution < 1.29 is 14.3 Å². The number of hydrogen-bond donors (Lipinski definition) is 0. The van der Waals surface area contributed by atoms with Crippen LogP contribution in [-0.2, 0) is 14.3 Å². The lowest BCUT2D eigenvalue weighted by molar-refractivity contribution is -0.147. The summed E-state index contributed by atoms with van der Waals surface area (Å²) in [4.78, 5) is 23.6. The van der Waals surface area contributed by atoms with Crippen LogP contribution in [0.3, 0.4) is 0 Å². The Morgan fingerprint density at radius 1 is 1.24 bits per heavy atom. The standard InChI is InChI=1S/C14H18O3/c1-6(2)13(15)12-10-7-4-8(11(10)12)9(5-7)14(16)17-3/h7-12H,1,4-5H2,2-3H3/t7?,8?,9?,10?,11?,12-/m0/s1. The van der Waals surface area contributed by atoms with Crippen molar-refractivity contribution in [2.75, 3.05) is 7.11 Å². The second-order valence-electron chi connectivity index (χ2n) is 5.85. The lowest BCUT2D eigenvalue weighted by Gasteiger charge is -2.18. The van der Waals surface area contributed by atoms with Crippen LogP contribution < -0.4 is 0 Å². The quantitative estimate of drug-likeness (QED) is 0.552. The predicted octanol–water partition coefficient (Wildman–Crippen LogP) is 1.82.